The smallest absolute Gasteiger partial charge is 0.379 e. The maximum atomic E-state index is 12.8. The molecule has 1 unspecified atom stereocenters. The van der Waals surface area contributed by atoms with Gasteiger partial charge >= 0.3 is 5.97 Å². The van der Waals surface area contributed by atoms with Crippen LogP contribution in [0.2, 0.25) is 0 Å². The van der Waals surface area contributed by atoms with Crippen molar-refractivity contribution in [3.05, 3.63) is 105 Å². The molecule has 162 valence electrons. The Morgan fingerprint density at radius 2 is 1.88 bits per heavy atom. The molecule has 4 aromatic rings. The van der Waals surface area contributed by atoms with E-state index in [0.29, 0.717) is 22.5 Å². The minimum Gasteiger partial charge on any atom is -0.449 e. The van der Waals surface area contributed by atoms with Gasteiger partial charge in [0.05, 0.1) is 5.92 Å². The fourth-order valence-electron chi connectivity index (χ4n) is 4.02. The van der Waals surface area contributed by atoms with Crippen molar-refractivity contribution in [3.8, 4) is 17.6 Å². The molecular formula is C26H17BrN2O4. The van der Waals surface area contributed by atoms with Crippen LogP contribution >= 0.6 is 15.9 Å². The van der Waals surface area contributed by atoms with Crippen LogP contribution in [0.1, 0.15) is 33.2 Å². The molecule has 0 amide bonds. The predicted octanol–water partition coefficient (Wildman–Crippen LogP) is 5.94. The van der Waals surface area contributed by atoms with Crippen molar-refractivity contribution in [2.75, 3.05) is 0 Å². The number of benzene rings is 3. The van der Waals surface area contributed by atoms with Crippen molar-refractivity contribution < 1.29 is 18.7 Å². The van der Waals surface area contributed by atoms with E-state index in [2.05, 4.69) is 22.0 Å². The van der Waals surface area contributed by atoms with E-state index in [1.807, 2.05) is 49.4 Å². The molecule has 2 N–H and O–H groups in total. The van der Waals surface area contributed by atoms with Crippen LogP contribution in [-0.4, -0.2) is 5.97 Å². The monoisotopic (exact) mass is 500 g/mol. The topological polar surface area (TPSA) is 98.5 Å². The maximum absolute atomic E-state index is 12.8. The van der Waals surface area contributed by atoms with Crippen LogP contribution in [0, 0.1) is 18.3 Å². The Kier molecular flexibility index (Phi) is 5.15. The van der Waals surface area contributed by atoms with Crippen LogP contribution in [-0.2, 0) is 0 Å². The standard InChI is InChI=1S/C26H17BrN2O4/c1-14-18-4-2-3-5-21(18)32-24(14)26(30)31-17-10-11-19-22(12-17)33-25(29)20(13-28)23(19)15-6-8-16(27)9-7-15/h2-12,23H,29H2,1H3. The van der Waals surface area contributed by atoms with E-state index >= 15 is 0 Å². The van der Waals surface area contributed by atoms with Gasteiger partial charge in [-0.05, 0) is 36.8 Å². The summed E-state index contributed by atoms with van der Waals surface area (Å²) < 4.78 is 17.9. The molecule has 5 rings (SSSR count). The number of esters is 1. The summed E-state index contributed by atoms with van der Waals surface area (Å²) >= 11 is 3.43. The summed E-state index contributed by atoms with van der Waals surface area (Å²) in [6.45, 7) is 1.82. The second-order valence-electron chi connectivity index (χ2n) is 7.62. The highest BCUT2D eigenvalue weighted by atomic mass is 79.9. The first kappa shape index (κ1) is 20.9. The molecule has 0 radical (unpaired) electrons. The molecule has 33 heavy (non-hydrogen) atoms. The first-order valence-corrected chi connectivity index (χ1v) is 10.9. The summed E-state index contributed by atoms with van der Waals surface area (Å²) in [6, 6.07) is 22.3. The largest absolute Gasteiger partial charge is 0.449 e. The quantitative estimate of drug-likeness (QED) is 0.276. The lowest BCUT2D eigenvalue weighted by Crippen LogP contribution is -2.21. The number of carbonyl (C=O) groups excluding carboxylic acids is 1. The molecule has 1 aliphatic rings. The van der Waals surface area contributed by atoms with Crippen LogP contribution in [0.5, 0.6) is 11.5 Å². The minimum absolute atomic E-state index is 0.0227. The van der Waals surface area contributed by atoms with E-state index in [1.165, 1.54) is 0 Å². The Bertz CT molecular complexity index is 1480. The van der Waals surface area contributed by atoms with E-state index < -0.39 is 11.9 Å². The van der Waals surface area contributed by atoms with Crippen molar-refractivity contribution in [1.82, 2.24) is 0 Å². The van der Waals surface area contributed by atoms with Gasteiger partial charge < -0.3 is 19.6 Å². The van der Waals surface area contributed by atoms with Gasteiger partial charge in [0, 0.05) is 27.1 Å². The molecule has 0 saturated heterocycles. The first-order chi connectivity index (χ1) is 16.0. The van der Waals surface area contributed by atoms with E-state index in [-0.39, 0.29) is 17.4 Å². The molecule has 3 aromatic carbocycles. The highest BCUT2D eigenvalue weighted by molar-refractivity contribution is 9.10. The van der Waals surface area contributed by atoms with Gasteiger partial charge in [-0.2, -0.15) is 5.26 Å². The number of nitrogens with two attached hydrogens (primary N) is 1. The Morgan fingerprint density at radius 3 is 2.61 bits per heavy atom. The zero-order chi connectivity index (χ0) is 23.1. The summed E-state index contributed by atoms with van der Waals surface area (Å²) in [5.74, 6) is -0.130. The van der Waals surface area contributed by atoms with Gasteiger partial charge in [-0.15, -0.1) is 0 Å². The molecule has 1 aliphatic heterocycles. The van der Waals surface area contributed by atoms with Gasteiger partial charge in [-0.3, -0.25) is 0 Å². The van der Waals surface area contributed by atoms with Crippen molar-refractivity contribution >= 4 is 32.9 Å². The van der Waals surface area contributed by atoms with Crippen LogP contribution < -0.4 is 15.2 Å². The van der Waals surface area contributed by atoms with Crippen LogP contribution in [0.25, 0.3) is 11.0 Å². The fraction of sp³-hybridized carbons (Fsp3) is 0.0769. The van der Waals surface area contributed by atoms with Crippen molar-refractivity contribution in [2.24, 2.45) is 5.73 Å². The third kappa shape index (κ3) is 3.65. The maximum Gasteiger partial charge on any atom is 0.379 e. The number of carbonyl (C=O) groups is 1. The van der Waals surface area contributed by atoms with Gasteiger partial charge in [0.1, 0.15) is 28.7 Å². The van der Waals surface area contributed by atoms with Crippen LogP contribution in [0.15, 0.2) is 87.1 Å². The van der Waals surface area contributed by atoms with Gasteiger partial charge in [0.2, 0.25) is 11.6 Å². The molecule has 0 spiro atoms. The van der Waals surface area contributed by atoms with Crippen molar-refractivity contribution in [2.45, 2.75) is 12.8 Å². The first-order valence-electron chi connectivity index (χ1n) is 10.1. The Balaban J connectivity index is 1.49. The molecule has 1 atom stereocenters. The molecule has 0 saturated carbocycles. The number of hydrogen-bond donors (Lipinski definition) is 1. The molecule has 0 aliphatic carbocycles. The van der Waals surface area contributed by atoms with Gasteiger partial charge in [-0.25, -0.2) is 4.79 Å². The molecule has 2 heterocycles. The van der Waals surface area contributed by atoms with E-state index in [9.17, 15) is 10.1 Å². The molecule has 0 fully saturated rings. The highest BCUT2D eigenvalue weighted by Gasteiger charge is 2.31. The van der Waals surface area contributed by atoms with Gasteiger partial charge in [0.15, 0.2) is 0 Å². The second kappa shape index (κ2) is 8.15. The van der Waals surface area contributed by atoms with Crippen LogP contribution in [0.3, 0.4) is 0 Å². The fourth-order valence-corrected chi connectivity index (χ4v) is 4.28. The van der Waals surface area contributed by atoms with E-state index in [4.69, 9.17) is 19.6 Å². The van der Waals surface area contributed by atoms with Gasteiger partial charge in [-0.1, -0.05) is 52.3 Å². The van der Waals surface area contributed by atoms with Crippen molar-refractivity contribution in [3.63, 3.8) is 0 Å². The SMILES string of the molecule is Cc1c(C(=O)Oc2ccc3c(c2)OC(N)=C(C#N)C3c2ccc(Br)cc2)oc2ccccc12. The van der Waals surface area contributed by atoms with E-state index in [1.54, 1.807) is 24.3 Å². The lowest BCUT2D eigenvalue weighted by Gasteiger charge is -2.26. The summed E-state index contributed by atoms with van der Waals surface area (Å²) in [4.78, 5) is 12.8. The number of aryl methyl sites for hydroxylation is 1. The van der Waals surface area contributed by atoms with Crippen molar-refractivity contribution in [1.29, 1.82) is 5.26 Å². The number of nitriles is 1. The predicted molar refractivity (Wildman–Crippen MR) is 126 cm³/mol. The zero-order valence-electron chi connectivity index (χ0n) is 17.5. The number of nitrogens with zero attached hydrogens (tertiary/aromatic N) is 1. The molecule has 0 bridgehead atoms. The third-order valence-electron chi connectivity index (χ3n) is 5.63. The second-order valence-corrected chi connectivity index (χ2v) is 8.53. The Labute approximate surface area is 198 Å². The molecule has 7 heteroatoms. The number of para-hydroxylation sites is 1. The Morgan fingerprint density at radius 1 is 1.12 bits per heavy atom. The lowest BCUT2D eigenvalue weighted by atomic mass is 9.83. The number of fused-ring (bicyclic) bond motifs is 2. The number of furan rings is 1. The lowest BCUT2D eigenvalue weighted by molar-refractivity contribution is 0.0702. The summed E-state index contributed by atoms with van der Waals surface area (Å²) in [7, 11) is 0. The summed E-state index contributed by atoms with van der Waals surface area (Å²) in [5.41, 5.74) is 9.38. The zero-order valence-corrected chi connectivity index (χ0v) is 19.0. The number of hydrogen-bond acceptors (Lipinski definition) is 6. The Hall–Kier alpha value is -4.02. The number of ether oxygens (including phenoxy) is 2. The summed E-state index contributed by atoms with van der Waals surface area (Å²) in [5, 5.41) is 10.6. The average Bonchev–Trinajstić information content (AvgIpc) is 3.15. The van der Waals surface area contributed by atoms with Crippen LogP contribution in [0.4, 0.5) is 0 Å². The van der Waals surface area contributed by atoms with Gasteiger partial charge in [0.25, 0.3) is 0 Å². The summed E-state index contributed by atoms with van der Waals surface area (Å²) in [6.07, 6.45) is 0. The minimum atomic E-state index is -0.606. The molecule has 1 aromatic heterocycles. The third-order valence-corrected chi connectivity index (χ3v) is 6.16. The number of halogens is 1. The van der Waals surface area contributed by atoms with E-state index in [0.717, 1.165) is 21.0 Å². The highest BCUT2D eigenvalue weighted by Crippen LogP contribution is 2.43. The average molecular weight is 501 g/mol. The molecule has 6 nitrogen and oxygen atoms in total. The normalized spacial score (nSPS) is 15.0. The molecular weight excluding hydrogens is 484 g/mol. The number of rotatable bonds is 3. The number of allylic oxidation sites excluding steroid dienone is 1.